The highest BCUT2D eigenvalue weighted by molar-refractivity contribution is 6.29. The molecule has 9 nitrogen and oxygen atoms in total. The highest BCUT2D eigenvalue weighted by Crippen LogP contribution is 2.30. The first-order chi connectivity index (χ1) is 12.5. The highest BCUT2D eigenvalue weighted by atomic mass is 35.5. The van der Waals surface area contributed by atoms with Crippen LogP contribution in [0.15, 0.2) is 40.8 Å². The van der Waals surface area contributed by atoms with E-state index < -0.39 is 12.2 Å². The van der Waals surface area contributed by atoms with E-state index in [1.807, 2.05) is 0 Å². The van der Waals surface area contributed by atoms with Crippen LogP contribution >= 0.6 is 11.6 Å². The summed E-state index contributed by atoms with van der Waals surface area (Å²) in [6, 6.07) is 9.35. The van der Waals surface area contributed by atoms with E-state index in [2.05, 4.69) is 9.97 Å². The van der Waals surface area contributed by atoms with Crippen molar-refractivity contribution in [3.8, 4) is 11.6 Å². The average Bonchev–Trinajstić information content (AvgIpc) is 2.95. The summed E-state index contributed by atoms with van der Waals surface area (Å²) in [4.78, 5) is 32.5. The number of anilines is 1. The first-order valence-electron chi connectivity index (χ1n) is 7.39. The predicted molar refractivity (Wildman–Crippen MR) is 91.0 cm³/mol. The maximum absolute atomic E-state index is 12.4. The fourth-order valence-electron chi connectivity index (χ4n) is 2.08. The van der Waals surface area contributed by atoms with Gasteiger partial charge in [-0.1, -0.05) is 18.2 Å². The molecule has 2 heterocycles. The Morgan fingerprint density at radius 2 is 2.00 bits per heavy atom. The van der Waals surface area contributed by atoms with Gasteiger partial charge in [-0.15, -0.1) is 0 Å². The zero-order chi connectivity index (χ0) is 18.7. The molecule has 0 radical (unpaired) electrons. The van der Waals surface area contributed by atoms with Gasteiger partial charge in [0.2, 0.25) is 11.5 Å². The van der Waals surface area contributed by atoms with E-state index in [-0.39, 0.29) is 40.5 Å². The van der Waals surface area contributed by atoms with Gasteiger partial charge in [0.25, 0.3) is 5.88 Å². The molecule has 0 aliphatic rings. The number of furan rings is 1. The number of carboxylic acid groups (broad SMARTS) is 1. The molecule has 2 amide bonds. The molecule has 0 unspecified atom stereocenters. The van der Waals surface area contributed by atoms with E-state index in [1.54, 1.807) is 25.1 Å². The van der Waals surface area contributed by atoms with Gasteiger partial charge in [-0.2, -0.15) is 9.88 Å². The molecule has 1 N–H and O–H groups in total. The van der Waals surface area contributed by atoms with Gasteiger partial charge in [-0.05, 0) is 30.7 Å². The third kappa shape index (κ3) is 3.52. The predicted octanol–water partition coefficient (Wildman–Crippen LogP) is 3.96. The Hall–Kier alpha value is -3.33. The van der Waals surface area contributed by atoms with Gasteiger partial charge in [-0.3, -0.25) is 0 Å². The maximum Gasteiger partial charge on any atom is 0.430 e. The number of hydrogen-bond acceptors (Lipinski definition) is 7. The second-order valence-electron chi connectivity index (χ2n) is 4.83. The lowest BCUT2D eigenvalue weighted by atomic mass is 10.3. The lowest BCUT2D eigenvalue weighted by Crippen LogP contribution is -2.39. The van der Waals surface area contributed by atoms with Crippen LogP contribution in [0.3, 0.4) is 0 Å². The quantitative estimate of drug-likeness (QED) is 0.726. The van der Waals surface area contributed by atoms with Crippen LogP contribution in [0.4, 0.5) is 15.4 Å². The number of rotatable bonds is 4. The second kappa shape index (κ2) is 7.28. The maximum atomic E-state index is 12.4. The number of hydrogen-bond donors (Lipinski definition) is 1. The van der Waals surface area contributed by atoms with E-state index in [4.69, 9.17) is 25.5 Å². The first-order valence-corrected chi connectivity index (χ1v) is 7.77. The van der Waals surface area contributed by atoms with E-state index in [1.165, 1.54) is 18.2 Å². The molecule has 0 saturated carbocycles. The average molecular weight is 378 g/mol. The number of ether oxygens (including phenoxy) is 2. The zero-order valence-electron chi connectivity index (χ0n) is 13.4. The molecule has 0 atom stereocenters. The number of fused-ring (bicyclic) bond motifs is 1. The largest absolute Gasteiger partial charge is 0.475 e. The van der Waals surface area contributed by atoms with Gasteiger partial charge >= 0.3 is 12.2 Å². The molecule has 26 heavy (non-hydrogen) atoms. The molecule has 3 aromatic rings. The van der Waals surface area contributed by atoms with Gasteiger partial charge in [0.1, 0.15) is 11.3 Å². The molecule has 0 fully saturated rings. The smallest absolute Gasteiger partial charge is 0.430 e. The Balaban J connectivity index is 2.04. The van der Waals surface area contributed by atoms with E-state index in [0.717, 1.165) is 0 Å². The molecule has 2 aromatic heterocycles. The third-order valence-electron chi connectivity index (χ3n) is 3.10. The lowest BCUT2D eigenvalue weighted by Gasteiger charge is -2.17. The topological polar surface area (TPSA) is 115 Å². The van der Waals surface area contributed by atoms with Crippen molar-refractivity contribution in [1.29, 1.82) is 0 Å². The minimum absolute atomic E-state index is 0.00772. The normalized spacial score (nSPS) is 10.5. The van der Waals surface area contributed by atoms with Crippen molar-refractivity contribution in [2.75, 3.05) is 11.5 Å². The fourth-order valence-corrected chi connectivity index (χ4v) is 2.25. The summed E-state index contributed by atoms with van der Waals surface area (Å²) in [5, 5.41) is 9.51. The summed E-state index contributed by atoms with van der Waals surface area (Å²) < 4.78 is 15.5. The number of benzene rings is 1. The molecule has 0 aliphatic heterocycles. The Kier molecular flexibility index (Phi) is 4.90. The van der Waals surface area contributed by atoms with Crippen LogP contribution in [-0.2, 0) is 0 Å². The van der Waals surface area contributed by atoms with Gasteiger partial charge in [0.05, 0.1) is 6.61 Å². The van der Waals surface area contributed by atoms with Gasteiger partial charge in [-0.25, -0.2) is 14.6 Å². The number of para-hydroxylation sites is 1. The van der Waals surface area contributed by atoms with Crippen molar-refractivity contribution in [1.82, 2.24) is 9.97 Å². The Morgan fingerprint density at radius 1 is 1.27 bits per heavy atom. The first kappa shape index (κ1) is 17.5. The third-order valence-corrected chi connectivity index (χ3v) is 3.29. The van der Waals surface area contributed by atoms with Crippen molar-refractivity contribution in [3.05, 3.63) is 41.6 Å². The summed E-state index contributed by atoms with van der Waals surface area (Å²) in [7, 11) is 0. The van der Waals surface area contributed by atoms with Crippen molar-refractivity contribution < 1.29 is 28.6 Å². The molecule has 1 aromatic carbocycles. The van der Waals surface area contributed by atoms with E-state index in [9.17, 15) is 14.7 Å². The van der Waals surface area contributed by atoms with E-state index >= 15 is 0 Å². The number of amides is 2. The van der Waals surface area contributed by atoms with Crippen molar-refractivity contribution >= 4 is 40.8 Å². The minimum Gasteiger partial charge on any atom is -0.475 e. The molecule has 134 valence electrons. The summed E-state index contributed by atoms with van der Waals surface area (Å²) in [6.07, 6.45) is -2.80. The van der Waals surface area contributed by atoms with Crippen LogP contribution in [0, 0.1) is 0 Å². The van der Waals surface area contributed by atoms with Crippen LogP contribution in [0.1, 0.15) is 6.92 Å². The number of carbonyl (C=O) groups is 2. The number of halogens is 1. The molecule has 0 spiro atoms. The Bertz CT molecular complexity index is 959. The second-order valence-corrected chi connectivity index (χ2v) is 5.20. The summed E-state index contributed by atoms with van der Waals surface area (Å²) in [5.41, 5.74) is 0.205. The Morgan fingerprint density at radius 3 is 2.65 bits per heavy atom. The highest BCUT2D eigenvalue weighted by Gasteiger charge is 2.31. The zero-order valence-corrected chi connectivity index (χ0v) is 14.1. The van der Waals surface area contributed by atoms with Crippen LogP contribution in [0.2, 0.25) is 5.22 Å². The van der Waals surface area contributed by atoms with Crippen LogP contribution in [-0.4, -0.2) is 33.9 Å². The molecule has 0 bridgehead atoms. The fraction of sp³-hybridized carbons (Fsp3) is 0.125. The van der Waals surface area contributed by atoms with Crippen LogP contribution < -0.4 is 14.4 Å². The number of carbonyl (C=O) groups excluding carboxylic acids is 1. The van der Waals surface area contributed by atoms with Gasteiger partial charge < -0.3 is 19.0 Å². The van der Waals surface area contributed by atoms with Gasteiger partial charge in [0, 0.05) is 6.07 Å². The van der Waals surface area contributed by atoms with Crippen molar-refractivity contribution in [3.63, 3.8) is 0 Å². The number of nitrogens with zero attached hydrogens (tertiary/aromatic N) is 3. The molecule has 0 saturated heterocycles. The molecule has 10 heteroatoms. The van der Waals surface area contributed by atoms with Crippen molar-refractivity contribution in [2.45, 2.75) is 6.92 Å². The minimum atomic E-state index is -1.62. The molecular formula is C16H12ClN3O6. The summed E-state index contributed by atoms with van der Waals surface area (Å²) in [6.45, 7) is 1.82. The monoisotopic (exact) mass is 377 g/mol. The lowest BCUT2D eigenvalue weighted by molar-refractivity contribution is 0.186. The van der Waals surface area contributed by atoms with Crippen LogP contribution in [0.25, 0.3) is 11.2 Å². The molecule has 0 aliphatic carbocycles. The Labute approximate surface area is 151 Å². The SMILES string of the molecule is CCOc1nc2oc(Cl)cc2nc1N(C(=O)O)C(=O)Oc1ccccc1. The number of aromatic nitrogens is 2. The standard InChI is InChI=1S/C16H12ClN3O6/c1-2-24-14-12(18-10-8-11(17)26-13(10)19-14)20(15(21)22)16(23)25-9-6-4-3-5-7-9/h3-8H,2H2,1H3,(H,21,22). The van der Waals surface area contributed by atoms with Crippen molar-refractivity contribution in [2.24, 2.45) is 0 Å². The number of imide groups is 1. The summed E-state index contributed by atoms with van der Waals surface area (Å²) >= 11 is 5.77. The molecule has 3 rings (SSSR count). The van der Waals surface area contributed by atoms with E-state index in [0.29, 0.717) is 4.90 Å². The van der Waals surface area contributed by atoms with Gasteiger partial charge in [0.15, 0.2) is 5.22 Å². The summed E-state index contributed by atoms with van der Waals surface area (Å²) in [5.74, 6) is -0.397. The van der Waals surface area contributed by atoms with Crippen LogP contribution in [0.5, 0.6) is 11.6 Å². The molecular weight excluding hydrogens is 366 g/mol.